The summed E-state index contributed by atoms with van der Waals surface area (Å²) in [6.45, 7) is 0.0120. The van der Waals surface area contributed by atoms with Gasteiger partial charge >= 0.3 is 0 Å². The Morgan fingerprint density at radius 3 is 2.82 bits per heavy atom. The van der Waals surface area contributed by atoms with Gasteiger partial charge in [-0.05, 0) is 28.1 Å². The van der Waals surface area contributed by atoms with E-state index in [1.165, 1.54) is 0 Å². The number of rotatable bonds is 3. The monoisotopic (exact) mass is 318 g/mol. The molecule has 0 saturated heterocycles. The summed E-state index contributed by atoms with van der Waals surface area (Å²) in [5.74, 6) is 0. The van der Waals surface area contributed by atoms with Gasteiger partial charge in [0.2, 0.25) is 0 Å². The Balaban J connectivity index is 2.43. The number of aryl methyl sites for hydroxylation is 1. The van der Waals surface area contributed by atoms with Crippen molar-refractivity contribution in [3.05, 3.63) is 28.5 Å². The molecule has 0 unspecified atom stereocenters. The van der Waals surface area contributed by atoms with Gasteiger partial charge in [0, 0.05) is 28.8 Å². The first-order valence-corrected chi connectivity index (χ1v) is 7.42. The number of hydrogen-bond donors (Lipinski definition) is 0. The minimum atomic E-state index is -3.43. The van der Waals surface area contributed by atoms with E-state index in [-0.39, 0.29) is 6.61 Å². The van der Waals surface area contributed by atoms with E-state index >= 15 is 0 Å². The average molecular weight is 319 g/mol. The molecule has 2 aromatic rings. The van der Waals surface area contributed by atoms with E-state index in [0.29, 0.717) is 0 Å². The fourth-order valence-electron chi connectivity index (χ4n) is 1.55. The summed E-state index contributed by atoms with van der Waals surface area (Å²) in [5, 5.41) is 0.933. The Labute approximate surface area is 108 Å². The molecule has 17 heavy (non-hydrogen) atoms. The number of nitrogens with zero attached hydrogens (tertiary/aromatic N) is 2. The maximum Gasteiger partial charge on any atom is 0.264 e. The first kappa shape index (κ1) is 12.5. The van der Waals surface area contributed by atoms with Gasteiger partial charge in [0.25, 0.3) is 10.1 Å². The van der Waals surface area contributed by atoms with Crippen LogP contribution in [0.25, 0.3) is 11.0 Å². The van der Waals surface area contributed by atoms with Crippen LogP contribution in [0, 0.1) is 0 Å². The molecular formula is C10H11BrN2O3S. The molecule has 0 aliphatic heterocycles. The molecular weight excluding hydrogens is 308 g/mol. The summed E-state index contributed by atoms with van der Waals surface area (Å²) in [6, 6.07) is 3.70. The van der Waals surface area contributed by atoms with Crippen molar-refractivity contribution in [2.75, 3.05) is 6.26 Å². The predicted molar refractivity (Wildman–Crippen MR) is 68.0 cm³/mol. The fraction of sp³-hybridized carbons (Fsp3) is 0.300. The van der Waals surface area contributed by atoms with Gasteiger partial charge in [0.05, 0.1) is 6.26 Å². The molecule has 2 heterocycles. The standard InChI is InChI=1S/C10H11BrN2O3S/c1-13-7(6-16-17(2,14)15)5-8-9(11)3-4-12-10(8)13/h3-5H,6H2,1-2H3. The molecule has 0 bridgehead atoms. The van der Waals surface area contributed by atoms with E-state index in [2.05, 4.69) is 20.9 Å². The van der Waals surface area contributed by atoms with Crippen molar-refractivity contribution in [2.45, 2.75) is 6.61 Å². The molecule has 0 spiro atoms. The van der Waals surface area contributed by atoms with Crippen LogP contribution in [0.5, 0.6) is 0 Å². The molecule has 2 rings (SSSR count). The van der Waals surface area contributed by atoms with E-state index in [4.69, 9.17) is 4.18 Å². The van der Waals surface area contributed by atoms with Gasteiger partial charge in [-0.25, -0.2) is 4.98 Å². The van der Waals surface area contributed by atoms with E-state index in [9.17, 15) is 8.42 Å². The minimum Gasteiger partial charge on any atom is -0.330 e. The van der Waals surface area contributed by atoms with Crippen LogP contribution >= 0.6 is 15.9 Å². The van der Waals surface area contributed by atoms with Crippen molar-refractivity contribution in [1.82, 2.24) is 9.55 Å². The van der Waals surface area contributed by atoms with Crippen LogP contribution in [-0.2, 0) is 28.0 Å². The van der Waals surface area contributed by atoms with Crippen molar-refractivity contribution in [1.29, 1.82) is 0 Å². The highest BCUT2D eigenvalue weighted by Gasteiger charge is 2.11. The van der Waals surface area contributed by atoms with E-state index in [0.717, 1.165) is 27.5 Å². The quantitative estimate of drug-likeness (QED) is 0.810. The van der Waals surface area contributed by atoms with Gasteiger partial charge in [-0.2, -0.15) is 8.42 Å². The van der Waals surface area contributed by atoms with Crippen LogP contribution in [0.2, 0.25) is 0 Å². The van der Waals surface area contributed by atoms with Gasteiger partial charge in [-0.15, -0.1) is 0 Å². The Hall–Kier alpha value is -0.920. The highest BCUT2D eigenvalue weighted by molar-refractivity contribution is 9.10. The van der Waals surface area contributed by atoms with Crippen LogP contribution in [0.3, 0.4) is 0 Å². The van der Waals surface area contributed by atoms with Gasteiger partial charge in [-0.3, -0.25) is 4.18 Å². The molecule has 0 radical (unpaired) electrons. The molecule has 0 amide bonds. The highest BCUT2D eigenvalue weighted by atomic mass is 79.9. The Kier molecular flexibility index (Phi) is 3.24. The number of pyridine rings is 1. The maximum absolute atomic E-state index is 10.9. The molecule has 0 aliphatic carbocycles. The third-order valence-corrected chi connectivity index (χ3v) is 3.63. The SMILES string of the molecule is Cn1c(COS(C)(=O)=O)cc2c(Br)ccnc21. The Morgan fingerprint density at radius 1 is 1.53 bits per heavy atom. The topological polar surface area (TPSA) is 61.2 Å². The van der Waals surface area contributed by atoms with Crippen LogP contribution < -0.4 is 0 Å². The summed E-state index contributed by atoms with van der Waals surface area (Å²) in [6.07, 6.45) is 2.72. The lowest BCUT2D eigenvalue weighted by atomic mass is 10.3. The van der Waals surface area contributed by atoms with Gasteiger partial charge in [0.15, 0.2) is 0 Å². The number of fused-ring (bicyclic) bond motifs is 1. The van der Waals surface area contributed by atoms with Crippen LogP contribution in [0.15, 0.2) is 22.8 Å². The largest absolute Gasteiger partial charge is 0.330 e. The third kappa shape index (κ3) is 2.67. The molecule has 0 aliphatic rings. The van der Waals surface area contributed by atoms with Crippen molar-refractivity contribution in [3.8, 4) is 0 Å². The zero-order chi connectivity index (χ0) is 12.6. The molecule has 92 valence electrons. The zero-order valence-electron chi connectivity index (χ0n) is 9.34. The molecule has 5 nitrogen and oxygen atoms in total. The van der Waals surface area contributed by atoms with Crippen LogP contribution in [-0.4, -0.2) is 24.2 Å². The summed E-state index contributed by atoms with van der Waals surface area (Å²) >= 11 is 3.42. The van der Waals surface area contributed by atoms with Crippen molar-refractivity contribution < 1.29 is 12.6 Å². The normalized spacial score (nSPS) is 12.2. The van der Waals surface area contributed by atoms with Crippen molar-refractivity contribution >= 4 is 37.1 Å². The summed E-state index contributed by atoms with van der Waals surface area (Å²) in [5.41, 5.74) is 1.54. The third-order valence-electron chi connectivity index (χ3n) is 2.40. The summed E-state index contributed by atoms with van der Waals surface area (Å²) in [4.78, 5) is 4.23. The lowest BCUT2D eigenvalue weighted by Gasteiger charge is -2.03. The molecule has 0 N–H and O–H groups in total. The van der Waals surface area contributed by atoms with E-state index in [1.54, 1.807) is 6.20 Å². The molecule has 0 aromatic carbocycles. The van der Waals surface area contributed by atoms with E-state index < -0.39 is 10.1 Å². The Bertz CT molecular complexity index is 663. The van der Waals surface area contributed by atoms with Gasteiger partial charge in [0.1, 0.15) is 12.3 Å². The van der Waals surface area contributed by atoms with E-state index in [1.807, 2.05) is 23.7 Å². The van der Waals surface area contributed by atoms with Gasteiger partial charge < -0.3 is 4.57 Å². The summed E-state index contributed by atoms with van der Waals surface area (Å²) in [7, 11) is -1.61. The predicted octanol–water partition coefficient (Wildman–Crippen LogP) is 1.81. The second kappa shape index (κ2) is 4.40. The molecule has 2 aromatic heterocycles. The summed E-state index contributed by atoms with van der Waals surface area (Å²) < 4.78 is 29.4. The maximum atomic E-state index is 10.9. The molecule has 0 saturated carbocycles. The van der Waals surface area contributed by atoms with Crippen molar-refractivity contribution in [3.63, 3.8) is 0 Å². The first-order chi connectivity index (χ1) is 7.88. The molecule has 0 fully saturated rings. The smallest absolute Gasteiger partial charge is 0.264 e. The molecule has 0 atom stereocenters. The number of hydrogen-bond acceptors (Lipinski definition) is 4. The fourth-order valence-corrected chi connectivity index (χ4v) is 2.29. The molecule has 7 heteroatoms. The number of halogens is 1. The number of aromatic nitrogens is 2. The highest BCUT2D eigenvalue weighted by Crippen LogP contribution is 2.25. The average Bonchev–Trinajstić information content (AvgIpc) is 2.54. The lowest BCUT2D eigenvalue weighted by Crippen LogP contribution is -2.05. The minimum absolute atomic E-state index is 0.0120. The lowest BCUT2D eigenvalue weighted by molar-refractivity contribution is 0.304. The zero-order valence-corrected chi connectivity index (χ0v) is 11.7. The first-order valence-electron chi connectivity index (χ1n) is 4.82. The second-order valence-electron chi connectivity index (χ2n) is 3.69. The Morgan fingerprint density at radius 2 is 2.24 bits per heavy atom. The second-order valence-corrected chi connectivity index (χ2v) is 6.19. The van der Waals surface area contributed by atoms with Crippen LogP contribution in [0.4, 0.5) is 0 Å². The van der Waals surface area contributed by atoms with Crippen LogP contribution in [0.1, 0.15) is 5.69 Å². The van der Waals surface area contributed by atoms with Crippen molar-refractivity contribution in [2.24, 2.45) is 7.05 Å². The van der Waals surface area contributed by atoms with Gasteiger partial charge in [-0.1, -0.05) is 0 Å².